The normalized spacial score (nSPS) is 17.4. The van der Waals surface area contributed by atoms with Crippen molar-refractivity contribution < 1.29 is 9.59 Å². The Morgan fingerprint density at radius 1 is 1.09 bits per heavy atom. The van der Waals surface area contributed by atoms with Gasteiger partial charge in [-0.25, -0.2) is 0 Å². The summed E-state index contributed by atoms with van der Waals surface area (Å²) < 4.78 is 0. The minimum Gasteiger partial charge on any atom is -0.352 e. The van der Waals surface area contributed by atoms with Gasteiger partial charge in [-0.3, -0.25) is 9.59 Å². The Balaban J connectivity index is 1.78. The van der Waals surface area contributed by atoms with E-state index < -0.39 is 6.04 Å². The highest BCUT2D eigenvalue weighted by atomic mass is 16.2. The summed E-state index contributed by atoms with van der Waals surface area (Å²) in [5, 5.41) is 5.78. The molecule has 0 bridgehead atoms. The van der Waals surface area contributed by atoms with Gasteiger partial charge in [-0.1, -0.05) is 56.0 Å². The molecule has 0 aromatic heterocycles. The Kier molecular flexibility index (Phi) is 6.85. The minimum absolute atomic E-state index is 0.0987. The first-order chi connectivity index (χ1) is 11.1. The van der Waals surface area contributed by atoms with E-state index in [0.29, 0.717) is 0 Å². The lowest BCUT2D eigenvalue weighted by atomic mass is 10.1. The number of hydrogen-bond donors (Lipinski definition) is 2. The van der Waals surface area contributed by atoms with Crippen molar-refractivity contribution >= 4 is 17.9 Å². The fourth-order valence-corrected chi connectivity index (χ4v) is 2.81. The molecule has 2 N–H and O–H groups in total. The molecule has 4 nitrogen and oxygen atoms in total. The predicted octanol–water partition coefficient (Wildman–Crippen LogP) is 3.04. The van der Waals surface area contributed by atoms with Crippen LogP contribution >= 0.6 is 0 Å². The molecule has 1 fully saturated rings. The molecule has 1 aromatic rings. The average molecular weight is 314 g/mol. The summed E-state index contributed by atoms with van der Waals surface area (Å²) in [6, 6.07) is 9.34. The number of carbonyl (C=O) groups excluding carboxylic acids is 2. The van der Waals surface area contributed by atoms with Gasteiger partial charge in [-0.15, -0.1) is 0 Å². The summed E-state index contributed by atoms with van der Waals surface area (Å²) >= 11 is 0. The molecule has 1 aromatic carbocycles. The Bertz CT molecular complexity index is 532. The first kappa shape index (κ1) is 17.3. The Labute approximate surface area is 138 Å². The lowest BCUT2D eigenvalue weighted by Crippen LogP contribution is -2.47. The largest absolute Gasteiger partial charge is 0.352 e. The number of amides is 2. The number of hydrogen-bond acceptors (Lipinski definition) is 2. The molecule has 0 saturated heterocycles. The average Bonchev–Trinajstić information content (AvgIpc) is 2.82. The molecule has 2 amide bonds. The van der Waals surface area contributed by atoms with Crippen LogP contribution in [0.1, 0.15) is 51.0 Å². The summed E-state index contributed by atoms with van der Waals surface area (Å²) in [6.45, 7) is 1.72. The molecule has 1 aliphatic rings. The first-order valence-corrected chi connectivity index (χ1v) is 8.49. The van der Waals surface area contributed by atoms with Crippen LogP contribution in [-0.4, -0.2) is 23.9 Å². The molecule has 0 heterocycles. The zero-order valence-corrected chi connectivity index (χ0v) is 13.8. The summed E-state index contributed by atoms with van der Waals surface area (Å²) in [6.07, 6.45) is 10.1. The molecule has 2 rings (SSSR count). The zero-order valence-electron chi connectivity index (χ0n) is 13.8. The van der Waals surface area contributed by atoms with E-state index in [1.807, 2.05) is 30.3 Å². The van der Waals surface area contributed by atoms with Crippen LogP contribution in [0.4, 0.5) is 0 Å². The molecule has 0 radical (unpaired) electrons. The number of carbonyl (C=O) groups is 2. The summed E-state index contributed by atoms with van der Waals surface area (Å²) in [7, 11) is 0. The Morgan fingerprint density at radius 2 is 1.74 bits per heavy atom. The van der Waals surface area contributed by atoms with E-state index in [2.05, 4.69) is 10.6 Å². The molecular weight excluding hydrogens is 288 g/mol. The second kappa shape index (κ2) is 9.13. The van der Waals surface area contributed by atoms with Crippen LogP contribution in [0.2, 0.25) is 0 Å². The van der Waals surface area contributed by atoms with Crippen molar-refractivity contribution in [3.63, 3.8) is 0 Å². The predicted molar refractivity (Wildman–Crippen MR) is 92.7 cm³/mol. The quantitative estimate of drug-likeness (QED) is 0.648. The lowest BCUT2D eigenvalue weighted by molar-refractivity contribution is -0.127. The van der Waals surface area contributed by atoms with Crippen molar-refractivity contribution in [3.05, 3.63) is 42.0 Å². The van der Waals surface area contributed by atoms with Crippen molar-refractivity contribution in [2.24, 2.45) is 0 Å². The summed E-state index contributed by atoms with van der Waals surface area (Å²) in [5.74, 6) is -0.351. The van der Waals surface area contributed by atoms with Gasteiger partial charge in [0, 0.05) is 12.1 Å². The minimum atomic E-state index is -0.522. The molecule has 0 aliphatic heterocycles. The topological polar surface area (TPSA) is 58.2 Å². The van der Waals surface area contributed by atoms with Crippen LogP contribution in [0.5, 0.6) is 0 Å². The van der Waals surface area contributed by atoms with Gasteiger partial charge in [-0.05, 0) is 31.4 Å². The smallest absolute Gasteiger partial charge is 0.244 e. The molecule has 0 spiro atoms. The van der Waals surface area contributed by atoms with Gasteiger partial charge >= 0.3 is 0 Å². The highest BCUT2D eigenvalue weighted by Crippen LogP contribution is 2.17. The SMILES string of the molecule is C[C@H](NC(=O)/C=C/c1ccccc1)C(=O)NC1CCCCCC1. The van der Waals surface area contributed by atoms with E-state index in [9.17, 15) is 9.59 Å². The monoisotopic (exact) mass is 314 g/mol. The van der Waals surface area contributed by atoms with E-state index in [1.165, 1.54) is 31.8 Å². The molecule has 1 aliphatic carbocycles. The lowest BCUT2D eigenvalue weighted by Gasteiger charge is -2.19. The zero-order chi connectivity index (χ0) is 16.5. The van der Waals surface area contributed by atoms with E-state index >= 15 is 0 Å². The third-order valence-electron chi connectivity index (χ3n) is 4.18. The fourth-order valence-electron chi connectivity index (χ4n) is 2.81. The van der Waals surface area contributed by atoms with Crippen molar-refractivity contribution in [3.8, 4) is 0 Å². The van der Waals surface area contributed by atoms with Crippen LogP contribution in [0.15, 0.2) is 36.4 Å². The fraction of sp³-hybridized carbons (Fsp3) is 0.474. The Hall–Kier alpha value is -2.10. The molecule has 124 valence electrons. The van der Waals surface area contributed by atoms with E-state index in [4.69, 9.17) is 0 Å². The second-order valence-corrected chi connectivity index (χ2v) is 6.17. The van der Waals surface area contributed by atoms with E-state index in [1.54, 1.807) is 13.0 Å². The van der Waals surface area contributed by atoms with Gasteiger partial charge < -0.3 is 10.6 Å². The van der Waals surface area contributed by atoms with Gasteiger partial charge in [0.15, 0.2) is 0 Å². The van der Waals surface area contributed by atoms with Gasteiger partial charge in [-0.2, -0.15) is 0 Å². The summed E-state index contributed by atoms with van der Waals surface area (Å²) in [5.41, 5.74) is 0.957. The molecule has 1 saturated carbocycles. The summed E-state index contributed by atoms with van der Waals surface area (Å²) in [4.78, 5) is 24.1. The van der Waals surface area contributed by atoms with Crippen molar-refractivity contribution in [1.29, 1.82) is 0 Å². The van der Waals surface area contributed by atoms with Gasteiger partial charge in [0.2, 0.25) is 11.8 Å². The standard InChI is InChI=1S/C19H26N2O2/c1-15(19(23)21-17-11-7-2-3-8-12-17)20-18(22)14-13-16-9-5-4-6-10-16/h4-6,9-10,13-15,17H,2-3,7-8,11-12H2,1H3,(H,20,22)(H,21,23)/b14-13+/t15-/m0/s1. The number of nitrogens with one attached hydrogen (secondary N) is 2. The third-order valence-corrected chi connectivity index (χ3v) is 4.18. The number of benzene rings is 1. The van der Waals surface area contributed by atoms with Crippen LogP contribution < -0.4 is 10.6 Å². The van der Waals surface area contributed by atoms with E-state index in [0.717, 1.165) is 18.4 Å². The molecule has 0 unspecified atom stereocenters. The van der Waals surface area contributed by atoms with E-state index in [-0.39, 0.29) is 17.9 Å². The molecule has 23 heavy (non-hydrogen) atoms. The first-order valence-electron chi connectivity index (χ1n) is 8.49. The van der Waals surface area contributed by atoms with Crippen LogP contribution in [0, 0.1) is 0 Å². The maximum atomic E-state index is 12.2. The van der Waals surface area contributed by atoms with Crippen LogP contribution in [0.25, 0.3) is 6.08 Å². The van der Waals surface area contributed by atoms with Crippen molar-refractivity contribution in [1.82, 2.24) is 10.6 Å². The second-order valence-electron chi connectivity index (χ2n) is 6.17. The Morgan fingerprint density at radius 3 is 2.39 bits per heavy atom. The molecule has 1 atom stereocenters. The highest BCUT2D eigenvalue weighted by Gasteiger charge is 2.19. The van der Waals surface area contributed by atoms with Crippen molar-refractivity contribution in [2.75, 3.05) is 0 Å². The van der Waals surface area contributed by atoms with Gasteiger partial charge in [0.05, 0.1) is 0 Å². The van der Waals surface area contributed by atoms with Crippen LogP contribution in [0.3, 0.4) is 0 Å². The maximum Gasteiger partial charge on any atom is 0.244 e. The van der Waals surface area contributed by atoms with Crippen LogP contribution in [-0.2, 0) is 9.59 Å². The molecule has 4 heteroatoms. The third kappa shape index (κ3) is 6.27. The maximum absolute atomic E-state index is 12.2. The van der Waals surface area contributed by atoms with Gasteiger partial charge in [0.1, 0.15) is 6.04 Å². The van der Waals surface area contributed by atoms with Gasteiger partial charge in [0.25, 0.3) is 0 Å². The highest BCUT2D eigenvalue weighted by molar-refractivity contribution is 5.95. The van der Waals surface area contributed by atoms with Crippen molar-refractivity contribution in [2.45, 2.75) is 57.5 Å². The molecular formula is C19H26N2O2. The number of rotatable bonds is 5.